The summed E-state index contributed by atoms with van der Waals surface area (Å²) in [7, 11) is 0. The predicted molar refractivity (Wildman–Crippen MR) is 44.1 cm³/mol. The zero-order chi connectivity index (χ0) is 9.84. The molecule has 0 aliphatic carbocycles. The van der Waals surface area contributed by atoms with Gasteiger partial charge in [-0.05, 0) is 17.7 Å². The highest BCUT2D eigenvalue weighted by atomic mass is 19.1. The average molecular weight is 183 g/mol. The van der Waals surface area contributed by atoms with Gasteiger partial charge in [-0.2, -0.15) is 0 Å². The van der Waals surface area contributed by atoms with Gasteiger partial charge in [0.2, 0.25) is 6.20 Å². The van der Waals surface area contributed by atoms with E-state index >= 15 is 0 Å². The summed E-state index contributed by atoms with van der Waals surface area (Å²) in [5, 5.41) is 18.8. The van der Waals surface area contributed by atoms with Crippen molar-refractivity contribution in [3.8, 4) is 5.75 Å². The number of hydrogen-bond acceptors (Lipinski definition) is 3. The van der Waals surface area contributed by atoms with Crippen molar-refractivity contribution in [2.75, 3.05) is 0 Å². The Kier molecular flexibility index (Phi) is 2.59. The molecule has 0 saturated carbocycles. The molecule has 68 valence electrons. The van der Waals surface area contributed by atoms with Crippen LogP contribution >= 0.6 is 0 Å². The highest BCUT2D eigenvalue weighted by molar-refractivity contribution is 5.50. The van der Waals surface area contributed by atoms with Crippen molar-refractivity contribution >= 4 is 6.08 Å². The highest BCUT2D eigenvalue weighted by Gasteiger charge is 1.97. The third-order valence-electron chi connectivity index (χ3n) is 1.29. The molecule has 4 nitrogen and oxygen atoms in total. The summed E-state index contributed by atoms with van der Waals surface area (Å²) < 4.78 is 12.6. The molecule has 1 N–H and O–H groups in total. The number of rotatable bonds is 2. The molecular weight excluding hydrogens is 177 g/mol. The fraction of sp³-hybridized carbons (Fsp3) is 0. The maximum atomic E-state index is 12.6. The summed E-state index contributed by atoms with van der Waals surface area (Å²) in [6.45, 7) is 0. The van der Waals surface area contributed by atoms with Crippen LogP contribution in [0.3, 0.4) is 0 Å². The third kappa shape index (κ3) is 2.90. The van der Waals surface area contributed by atoms with Crippen LogP contribution in [0.1, 0.15) is 5.56 Å². The number of benzene rings is 1. The lowest BCUT2D eigenvalue weighted by atomic mass is 10.2. The number of halogens is 1. The lowest BCUT2D eigenvalue weighted by molar-refractivity contribution is -0.400. The molecule has 0 spiro atoms. The Labute approximate surface area is 73.1 Å². The number of nitro groups is 1. The Morgan fingerprint density at radius 1 is 1.46 bits per heavy atom. The summed E-state index contributed by atoms with van der Waals surface area (Å²) in [5.41, 5.74) is 0.245. The topological polar surface area (TPSA) is 63.4 Å². The molecular formula is C8H6FNO3. The van der Waals surface area contributed by atoms with E-state index in [-0.39, 0.29) is 11.3 Å². The maximum Gasteiger partial charge on any atom is 0.235 e. The number of phenolic OH excluding ortho intramolecular Hbond substituents is 1. The first kappa shape index (κ1) is 9.18. The third-order valence-corrected chi connectivity index (χ3v) is 1.29. The molecule has 0 aromatic heterocycles. The van der Waals surface area contributed by atoms with Crippen LogP contribution in [0.25, 0.3) is 6.08 Å². The Balaban J connectivity index is 2.95. The molecule has 0 unspecified atom stereocenters. The van der Waals surface area contributed by atoms with Gasteiger partial charge in [0.05, 0.1) is 4.92 Å². The monoisotopic (exact) mass is 183 g/mol. The van der Waals surface area contributed by atoms with Crippen molar-refractivity contribution in [3.05, 3.63) is 45.9 Å². The summed E-state index contributed by atoms with van der Waals surface area (Å²) in [6.07, 6.45) is 1.77. The SMILES string of the molecule is O=[N+]([O-])/C=C/c1cc(O)cc(F)c1. The second-order valence-corrected chi connectivity index (χ2v) is 2.34. The van der Waals surface area contributed by atoms with Crippen molar-refractivity contribution in [1.82, 2.24) is 0 Å². The molecule has 0 bridgehead atoms. The molecule has 1 aromatic carbocycles. The molecule has 0 radical (unpaired) electrons. The molecule has 0 aliphatic rings. The van der Waals surface area contributed by atoms with Crippen molar-refractivity contribution in [1.29, 1.82) is 0 Å². The van der Waals surface area contributed by atoms with E-state index in [1.165, 1.54) is 6.07 Å². The lowest BCUT2D eigenvalue weighted by Gasteiger charge is -1.94. The van der Waals surface area contributed by atoms with Crippen LogP contribution in [0.2, 0.25) is 0 Å². The van der Waals surface area contributed by atoms with Gasteiger partial charge in [0.1, 0.15) is 11.6 Å². The van der Waals surface area contributed by atoms with Crippen LogP contribution in [-0.2, 0) is 0 Å². The summed E-state index contributed by atoms with van der Waals surface area (Å²) in [6, 6.07) is 3.23. The second kappa shape index (κ2) is 3.66. The van der Waals surface area contributed by atoms with Gasteiger partial charge in [-0.25, -0.2) is 4.39 Å². The minimum atomic E-state index is -0.665. The van der Waals surface area contributed by atoms with Gasteiger partial charge in [-0.1, -0.05) is 0 Å². The van der Waals surface area contributed by atoms with E-state index in [1.807, 2.05) is 0 Å². The van der Waals surface area contributed by atoms with Gasteiger partial charge in [0.25, 0.3) is 0 Å². The van der Waals surface area contributed by atoms with E-state index in [0.29, 0.717) is 6.20 Å². The summed E-state index contributed by atoms with van der Waals surface area (Å²) in [4.78, 5) is 9.24. The number of aromatic hydroxyl groups is 1. The summed E-state index contributed by atoms with van der Waals surface area (Å²) >= 11 is 0. The first-order valence-electron chi connectivity index (χ1n) is 3.39. The minimum absolute atomic E-state index is 0.245. The quantitative estimate of drug-likeness (QED) is 0.561. The molecule has 0 atom stereocenters. The molecule has 1 aromatic rings. The van der Waals surface area contributed by atoms with Crippen LogP contribution in [0.15, 0.2) is 24.4 Å². The molecule has 5 heteroatoms. The number of phenols is 1. The van der Waals surface area contributed by atoms with E-state index in [9.17, 15) is 14.5 Å². The fourth-order valence-electron chi connectivity index (χ4n) is 0.839. The van der Waals surface area contributed by atoms with Gasteiger partial charge in [0.15, 0.2) is 0 Å². The Morgan fingerprint density at radius 3 is 2.69 bits per heavy atom. The zero-order valence-electron chi connectivity index (χ0n) is 6.48. The largest absolute Gasteiger partial charge is 0.508 e. The first-order chi connectivity index (χ1) is 6.08. The highest BCUT2D eigenvalue weighted by Crippen LogP contribution is 2.15. The van der Waals surface area contributed by atoms with Crippen molar-refractivity contribution < 1.29 is 14.4 Å². The van der Waals surface area contributed by atoms with Crippen molar-refractivity contribution in [3.63, 3.8) is 0 Å². The number of hydrogen-bond donors (Lipinski definition) is 1. The Hall–Kier alpha value is -1.91. The number of nitrogens with zero attached hydrogens (tertiary/aromatic N) is 1. The van der Waals surface area contributed by atoms with Gasteiger partial charge in [-0.3, -0.25) is 10.1 Å². The van der Waals surface area contributed by atoms with E-state index < -0.39 is 10.7 Å². The van der Waals surface area contributed by atoms with E-state index in [4.69, 9.17) is 5.11 Å². The van der Waals surface area contributed by atoms with Gasteiger partial charge >= 0.3 is 0 Å². The van der Waals surface area contributed by atoms with Crippen LogP contribution in [-0.4, -0.2) is 10.0 Å². The average Bonchev–Trinajstić information content (AvgIpc) is 1.99. The van der Waals surface area contributed by atoms with Crippen LogP contribution in [0, 0.1) is 15.9 Å². The minimum Gasteiger partial charge on any atom is -0.508 e. The lowest BCUT2D eigenvalue weighted by Crippen LogP contribution is -1.83. The zero-order valence-corrected chi connectivity index (χ0v) is 6.48. The van der Waals surface area contributed by atoms with Gasteiger partial charge in [0, 0.05) is 12.1 Å². The van der Waals surface area contributed by atoms with E-state index in [1.54, 1.807) is 0 Å². The molecule has 0 heterocycles. The second-order valence-electron chi connectivity index (χ2n) is 2.34. The maximum absolute atomic E-state index is 12.6. The van der Waals surface area contributed by atoms with Crippen molar-refractivity contribution in [2.45, 2.75) is 0 Å². The van der Waals surface area contributed by atoms with Crippen molar-refractivity contribution in [2.24, 2.45) is 0 Å². The first-order valence-corrected chi connectivity index (χ1v) is 3.39. The van der Waals surface area contributed by atoms with Crippen LogP contribution in [0.4, 0.5) is 4.39 Å². The molecule has 1 rings (SSSR count). The molecule has 0 saturated heterocycles. The van der Waals surface area contributed by atoms with Gasteiger partial charge in [-0.15, -0.1) is 0 Å². The normalized spacial score (nSPS) is 10.5. The molecule has 13 heavy (non-hydrogen) atoms. The molecule has 0 fully saturated rings. The Bertz CT molecular complexity index is 342. The smallest absolute Gasteiger partial charge is 0.235 e. The van der Waals surface area contributed by atoms with Crippen LogP contribution in [0.5, 0.6) is 5.75 Å². The molecule has 0 amide bonds. The van der Waals surface area contributed by atoms with E-state index in [2.05, 4.69) is 0 Å². The van der Waals surface area contributed by atoms with Gasteiger partial charge < -0.3 is 5.11 Å². The van der Waals surface area contributed by atoms with E-state index in [0.717, 1.165) is 18.2 Å². The predicted octanol–water partition coefficient (Wildman–Crippen LogP) is 1.78. The standard InChI is InChI=1S/C8H6FNO3/c9-7-3-6(1-2-10(12)13)4-8(11)5-7/h1-5,11H/b2-1+. The summed E-state index contributed by atoms with van der Waals surface area (Å²) in [5.74, 6) is -0.897. The fourth-order valence-corrected chi connectivity index (χ4v) is 0.839. The Morgan fingerprint density at radius 2 is 2.15 bits per heavy atom. The van der Waals surface area contributed by atoms with Crippen LogP contribution < -0.4 is 0 Å². The molecule has 0 aliphatic heterocycles.